The molecule has 0 bridgehead atoms. The summed E-state index contributed by atoms with van der Waals surface area (Å²) in [4.78, 5) is 26.2. The fourth-order valence-electron chi connectivity index (χ4n) is 2.68. The molecule has 0 saturated carbocycles. The summed E-state index contributed by atoms with van der Waals surface area (Å²) in [6, 6.07) is 7.37. The number of pyridine rings is 1. The summed E-state index contributed by atoms with van der Waals surface area (Å²) in [6.45, 7) is -0.282. The molecular formula is C16H17N3O8S2. The maximum Gasteiger partial charge on any atom is 0.316 e. The lowest BCUT2D eigenvalue weighted by Gasteiger charge is -2.47. The predicted molar refractivity (Wildman–Crippen MR) is 98.4 cm³/mol. The third-order valence-electron chi connectivity index (χ3n) is 4.12. The Morgan fingerprint density at radius 1 is 1.21 bits per heavy atom. The van der Waals surface area contributed by atoms with Gasteiger partial charge in [0.15, 0.2) is 0 Å². The Hall–Kier alpha value is -2.58. The molecule has 1 aliphatic heterocycles. The smallest absolute Gasteiger partial charge is 0.316 e. The number of carbonyl (C=O) groups excluding carboxylic acids is 1. The highest BCUT2D eigenvalue weighted by Crippen LogP contribution is 2.57. The average Bonchev–Trinajstić information content (AvgIpc) is 2.88. The zero-order chi connectivity index (χ0) is 21.2. The molecule has 0 spiro atoms. The monoisotopic (exact) mass is 443 g/mol. The second-order valence-corrected chi connectivity index (χ2v) is 9.45. The van der Waals surface area contributed by atoms with E-state index in [1.54, 1.807) is 0 Å². The zero-order valence-corrected chi connectivity index (χ0v) is 16.5. The maximum atomic E-state index is 12.5. The van der Waals surface area contributed by atoms with Gasteiger partial charge in [0.25, 0.3) is 20.9 Å². The number of aromatic nitrogens is 1. The summed E-state index contributed by atoms with van der Waals surface area (Å²) < 4.78 is 52.5. The number of benzene rings is 1. The third kappa shape index (κ3) is 4.23. The van der Waals surface area contributed by atoms with Crippen LogP contribution in [0, 0.1) is 4.91 Å². The van der Waals surface area contributed by atoms with Gasteiger partial charge >= 0.3 is 5.69 Å². The molecule has 13 heteroatoms. The minimum Gasteiger partial charge on any atom is -0.745 e. The number of fused-ring (bicyclic) bond motifs is 1. The van der Waals surface area contributed by atoms with E-state index in [1.165, 1.54) is 18.3 Å². The summed E-state index contributed by atoms with van der Waals surface area (Å²) >= 11 is 0. The van der Waals surface area contributed by atoms with Crippen molar-refractivity contribution in [1.29, 1.82) is 0 Å². The van der Waals surface area contributed by atoms with E-state index in [1.807, 2.05) is 0 Å². The van der Waals surface area contributed by atoms with E-state index in [0.29, 0.717) is 0 Å². The molecule has 1 aromatic carbocycles. The first kappa shape index (κ1) is 21.1. The molecule has 1 aromatic heterocycles. The van der Waals surface area contributed by atoms with Gasteiger partial charge in [-0.1, -0.05) is 0 Å². The Labute approximate surface area is 167 Å². The van der Waals surface area contributed by atoms with Gasteiger partial charge in [0, 0.05) is 24.9 Å². The summed E-state index contributed by atoms with van der Waals surface area (Å²) in [5.41, 5.74) is -0.0656. The van der Waals surface area contributed by atoms with Crippen LogP contribution in [0.25, 0.3) is 0 Å². The van der Waals surface area contributed by atoms with E-state index in [2.05, 4.69) is 4.98 Å². The Kier molecular flexibility index (Phi) is 5.86. The van der Waals surface area contributed by atoms with Crippen LogP contribution in [0.5, 0.6) is 0 Å². The second kappa shape index (κ2) is 8.04. The van der Waals surface area contributed by atoms with Crippen LogP contribution in [0.3, 0.4) is 0 Å². The molecule has 2 N–H and O–H groups in total. The van der Waals surface area contributed by atoms with E-state index in [9.17, 15) is 27.2 Å². The van der Waals surface area contributed by atoms with Crippen molar-refractivity contribution in [2.45, 2.75) is 22.8 Å². The molecule has 11 nitrogen and oxygen atoms in total. The molecule has 3 rings (SSSR count). The van der Waals surface area contributed by atoms with Crippen LogP contribution in [-0.2, 0) is 14.3 Å². The molecule has 1 atom stereocenters. The molecule has 156 valence electrons. The number of hydrogen-bond donors (Lipinski definition) is 2. The molecule has 29 heavy (non-hydrogen) atoms. The molecule has 2 heterocycles. The number of unbranched alkanes of at least 4 members (excludes halogenated alkanes) is 1. The lowest BCUT2D eigenvalue weighted by Crippen LogP contribution is -2.29. The summed E-state index contributed by atoms with van der Waals surface area (Å²) in [7, 11) is -7.83. The molecule has 2 aromatic rings. The first-order valence-electron chi connectivity index (χ1n) is 8.34. The van der Waals surface area contributed by atoms with Crippen LogP contribution in [0.1, 0.15) is 23.2 Å². The molecule has 1 unspecified atom stereocenters. The number of hydrogen-bond acceptors (Lipinski definition) is 8. The van der Waals surface area contributed by atoms with Crippen LogP contribution in [0.15, 0.2) is 52.5 Å². The number of carbonyl (C=O) groups is 1. The van der Waals surface area contributed by atoms with Crippen LogP contribution in [0.4, 0.5) is 5.69 Å². The van der Waals surface area contributed by atoms with Crippen LogP contribution in [-0.4, -0.2) is 56.0 Å². The Morgan fingerprint density at radius 2 is 1.90 bits per heavy atom. The van der Waals surface area contributed by atoms with Crippen LogP contribution < -0.4 is 0 Å². The lowest BCUT2D eigenvalue weighted by molar-refractivity contribution is -0.729. The standard InChI is InChI=1S/C16H17N3O8S2/c20-16-14-4-3-9-17-15(14)28(23,24)18(16)10-1-2-11-27-29(25,26)13-7-5-12(6-8-13)19(21)22/h3-9H,1-2,10-11H2,(H2-,21,22,23,24). The van der Waals surface area contributed by atoms with Crippen molar-refractivity contribution in [2.24, 2.45) is 0 Å². The van der Waals surface area contributed by atoms with Gasteiger partial charge in [0.05, 0.1) is 22.0 Å². The van der Waals surface area contributed by atoms with Crippen molar-refractivity contribution in [3.05, 3.63) is 53.1 Å². The van der Waals surface area contributed by atoms with Gasteiger partial charge in [-0.05, 0) is 37.1 Å². The lowest BCUT2D eigenvalue weighted by atomic mass is 10.2. The third-order valence-corrected chi connectivity index (χ3v) is 7.22. The largest absolute Gasteiger partial charge is 0.745 e. The van der Waals surface area contributed by atoms with Gasteiger partial charge in [-0.15, -0.1) is 0 Å². The molecule has 0 fully saturated rings. The van der Waals surface area contributed by atoms with Gasteiger partial charge in [0.1, 0.15) is 5.03 Å². The Bertz CT molecular complexity index is 1040. The molecule has 0 saturated heterocycles. The van der Waals surface area contributed by atoms with Gasteiger partial charge in [0.2, 0.25) is 0 Å². The quantitative estimate of drug-likeness (QED) is 0.354. The topological polar surface area (TPSA) is 160 Å². The minimum atomic E-state index is -4.08. The summed E-state index contributed by atoms with van der Waals surface area (Å²) in [5.74, 6) is -0.606. The van der Waals surface area contributed by atoms with Gasteiger partial charge in [-0.2, -0.15) is 8.42 Å². The van der Waals surface area contributed by atoms with Crippen molar-refractivity contribution in [3.8, 4) is 0 Å². The molecule has 0 radical (unpaired) electrons. The van der Waals surface area contributed by atoms with Crippen LogP contribution in [0.2, 0.25) is 0 Å². The van der Waals surface area contributed by atoms with Gasteiger partial charge < -0.3 is 9.11 Å². The summed E-state index contributed by atoms with van der Waals surface area (Å²) in [6.07, 6.45) is 1.75. The number of nitrogens with zero attached hydrogens (tertiary/aromatic N) is 3. The van der Waals surface area contributed by atoms with Crippen molar-refractivity contribution < 1.29 is 36.6 Å². The molecule has 1 amide bonds. The highest BCUT2D eigenvalue weighted by molar-refractivity contribution is 8.23. The maximum absolute atomic E-state index is 12.5. The van der Waals surface area contributed by atoms with E-state index in [-0.39, 0.29) is 47.2 Å². The van der Waals surface area contributed by atoms with E-state index >= 15 is 0 Å². The van der Waals surface area contributed by atoms with Crippen LogP contribution >= 0.6 is 10.8 Å². The number of amides is 1. The summed E-state index contributed by atoms with van der Waals surface area (Å²) in [5, 5.41) is 8.57. The van der Waals surface area contributed by atoms with Crippen molar-refractivity contribution >= 4 is 32.5 Å². The highest BCUT2D eigenvalue weighted by atomic mass is 32.3. The first-order chi connectivity index (χ1) is 13.6. The van der Waals surface area contributed by atoms with E-state index in [0.717, 1.165) is 28.6 Å². The first-order valence-corrected chi connectivity index (χ1v) is 11.2. The molecular weight excluding hydrogens is 426 g/mol. The van der Waals surface area contributed by atoms with E-state index < -0.39 is 31.7 Å². The molecule has 1 aliphatic rings. The average molecular weight is 443 g/mol. The van der Waals surface area contributed by atoms with Gasteiger partial charge in [-0.3, -0.25) is 13.3 Å². The second-order valence-electron chi connectivity index (χ2n) is 6.01. The van der Waals surface area contributed by atoms with Gasteiger partial charge in [-0.25, -0.2) is 21.0 Å². The van der Waals surface area contributed by atoms with Crippen molar-refractivity contribution in [2.75, 3.05) is 13.2 Å². The Balaban J connectivity index is 1.52. The normalized spacial score (nSPS) is 20.9. The van der Waals surface area contributed by atoms with Crippen molar-refractivity contribution in [3.63, 3.8) is 0 Å². The highest BCUT2D eigenvalue weighted by Gasteiger charge is 2.36. The van der Waals surface area contributed by atoms with Crippen molar-refractivity contribution in [1.82, 2.24) is 9.29 Å². The Morgan fingerprint density at radius 3 is 2.52 bits per heavy atom. The zero-order valence-electron chi connectivity index (χ0n) is 14.9. The SMILES string of the molecule is O=C1c2cccnc2S([O-])(O)N1CCCCOS(=O)(=O)c1ccc([N+](=O)O)cc1. The predicted octanol–water partition coefficient (Wildman–Crippen LogP) is 2.20. The minimum absolute atomic E-state index is 0.0710. The number of rotatable bonds is 8. The van der Waals surface area contributed by atoms with E-state index in [4.69, 9.17) is 9.39 Å². The molecule has 0 aliphatic carbocycles. The fraction of sp³-hybridized carbons (Fsp3) is 0.250. The fourth-order valence-corrected chi connectivity index (χ4v) is 5.17.